The van der Waals surface area contributed by atoms with E-state index in [9.17, 15) is 4.79 Å². The fourth-order valence-electron chi connectivity index (χ4n) is 3.62. The second kappa shape index (κ2) is 9.32. The smallest absolute Gasteiger partial charge is 0.317 e. The number of likely N-dealkylation sites (tertiary alicyclic amines) is 1. The number of urea groups is 1. The van der Waals surface area contributed by atoms with E-state index < -0.39 is 0 Å². The highest BCUT2D eigenvalue weighted by Crippen LogP contribution is 2.22. The maximum atomic E-state index is 12.4. The molecule has 29 heavy (non-hydrogen) atoms. The van der Waals surface area contributed by atoms with Crippen molar-refractivity contribution < 1.29 is 9.32 Å². The number of nitrogens with one attached hydrogen (secondary N) is 1. The van der Waals surface area contributed by atoms with Gasteiger partial charge in [0.25, 0.3) is 5.89 Å². The summed E-state index contributed by atoms with van der Waals surface area (Å²) in [6, 6.07) is 14.0. The van der Waals surface area contributed by atoms with Crippen LogP contribution in [0.5, 0.6) is 0 Å². The van der Waals surface area contributed by atoms with Crippen LogP contribution in [0.15, 0.2) is 59.4 Å². The van der Waals surface area contributed by atoms with E-state index in [1.54, 1.807) is 12.4 Å². The first-order chi connectivity index (χ1) is 14.3. The largest absolute Gasteiger partial charge is 0.338 e. The van der Waals surface area contributed by atoms with Gasteiger partial charge in [0, 0.05) is 38.4 Å². The van der Waals surface area contributed by atoms with Crippen LogP contribution in [0.25, 0.3) is 11.5 Å². The van der Waals surface area contributed by atoms with Gasteiger partial charge in [0.05, 0.1) is 5.56 Å². The Hall–Kier alpha value is -3.22. The van der Waals surface area contributed by atoms with E-state index in [0.29, 0.717) is 24.2 Å². The lowest BCUT2D eigenvalue weighted by atomic mass is 10.0. The zero-order chi connectivity index (χ0) is 19.9. The van der Waals surface area contributed by atoms with Gasteiger partial charge in [0.2, 0.25) is 0 Å². The Bertz CT molecular complexity index is 913. The average Bonchev–Trinajstić information content (AvgIpc) is 3.43. The van der Waals surface area contributed by atoms with Crippen molar-refractivity contribution in [3.8, 4) is 11.5 Å². The Kier molecular flexibility index (Phi) is 6.14. The molecule has 0 bridgehead atoms. The molecule has 1 saturated heterocycles. The average molecular weight is 391 g/mol. The maximum Gasteiger partial charge on any atom is 0.317 e. The van der Waals surface area contributed by atoms with Crippen LogP contribution in [-0.2, 0) is 12.8 Å². The molecule has 2 aromatic heterocycles. The Morgan fingerprint density at radius 2 is 2.07 bits per heavy atom. The number of carbonyl (C=O) groups excluding carboxylic acids is 1. The molecule has 1 fully saturated rings. The van der Waals surface area contributed by atoms with Gasteiger partial charge in [-0.15, -0.1) is 0 Å². The fourth-order valence-corrected chi connectivity index (χ4v) is 3.62. The second-order valence-electron chi connectivity index (χ2n) is 7.36. The van der Waals surface area contributed by atoms with Crippen molar-refractivity contribution in [3.05, 3.63) is 66.2 Å². The van der Waals surface area contributed by atoms with Crippen LogP contribution in [-0.4, -0.2) is 45.7 Å². The number of hydrogen-bond donors (Lipinski definition) is 1. The summed E-state index contributed by atoms with van der Waals surface area (Å²) in [6.07, 6.45) is 6.98. The molecule has 0 spiro atoms. The van der Waals surface area contributed by atoms with Crippen LogP contribution < -0.4 is 5.32 Å². The second-order valence-corrected chi connectivity index (χ2v) is 7.36. The summed E-state index contributed by atoms with van der Waals surface area (Å²) in [5.74, 6) is 1.67. The Balaban J connectivity index is 1.19. The van der Waals surface area contributed by atoms with Crippen molar-refractivity contribution in [1.29, 1.82) is 0 Å². The minimum atomic E-state index is 0.0295. The molecule has 0 radical (unpaired) electrons. The Morgan fingerprint density at radius 3 is 2.90 bits per heavy atom. The van der Waals surface area contributed by atoms with E-state index >= 15 is 0 Å². The molecule has 2 amide bonds. The predicted molar refractivity (Wildman–Crippen MR) is 109 cm³/mol. The van der Waals surface area contributed by atoms with Crippen molar-refractivity contribution >= 4 is 6.03 Å². The van der Waals surface area contributed by atoms with E-state index in [1.165, 1.54) is 5.56 Å². The molecule has 1 N–H and O–H groups in total. The minimum Gasteiger partial charge on any atom is -0.338 e. The first-order valence-corrected chi connectivity index (χ1v) is 10.1. The van der Waals surface area contributed by atoms with Crippen molar-refractivity contribution in [1.82, 2.24) is 25.3 Å². The van der Waals surface area contributed by atoms with Crippen molar-refractivity contribution in [2.24, 2.45) is 5.92 Å². The zero-order valence-corrected chi connectivity index (χ0v) is 16.3. The van der Waals surface area contributed by atoms with E-state index in [-0.39, 0.29) is 6.03 Å². The van der Waals surface area contributed by atoms with Gasteiger partial charge in [-0.05, 0) is 42.9 Å². The normalized spacial score (nSPS) is 16.1. The third-order valence-electron chi connectivity index (χ3n) is 5.26. The molecule has 4 rings (SSSR count). The van der Waals surface area contributed by atoms with Gasteiger partial charge in [-0.25, -0.2) is 4.79 Å². The standard InChI is InChI=1S/C22H25N5O2/c28-22(24-13-10-17-5-2-1-3-6-17)27-14-11-18(16-27)8-9-20-25-21(29-26-20)19-7-4-12-23-15-19/h1-7,12,15,18H,8-11,13-14,16H2,(H,24,28). The van der Waals surface area contributed by atoms with Crippen LogP contribution in [0.4, 0.5) is 4.79 Å². The lowest BCUT2D eigenvalue weighted by molar-refractivity contribution is 0.207. The molecule has 3 aromatic rings. The van der Waals surface area contributed by atoms with E-state index in [4.69, 9.17) is 4.52 Å². The third-order valence-corrected chi connectivity index (χ3v) is 5.26. The fraction of sp³-hybridized carbons (Fsp3) is 0.364. The van der Waals surface area contributed by atoms with E-state index in [1.807, 2.05) is 35.2 Å². The third kappa shape index (κ3) is 5.19. The molecular formula is C22H25N5O2. The van der Waals surface area contributed by atoms with E-state index in [0.717, 1.165) is 44.3 Å². The quantitative estimate of drug-likeness (QED) is 0.668. The zero-order valence-electron chi connectivity index (χ0n) is 16.3. The van der Waals surface area contributed by atoms with Crippen LogP contribution in [0.2, 0.25) is 0 Å². The number of amides is 2. The summed E-state index contributed by atoms with van der Waals surface area (Å²) in [5, 5.41) is 7.10. The number of carbonyl (C=O) groups is 1. The number of nitrogens with zero attached hydrogens (tertiary/aromatic N) is 4. The summed E-state index contributed by atoms with van der Waals surface area (Å²) in [4.78, 5) is 22.8. The first kappa shape index (κ1) is 19.1. The topological polar surface area (TPSA) is 84.2 Å². The number of pyridine rings is 1. The van der Waals surface area contributed by atoms with Crippen LogP contribution in [0.1, 0.15) is 24.2 Å². The van der Waals surface area contributed by atoms with Crippen molar-refractivity contribution in [2.75, 3.05) is 19.6 Å². The predicted octanol–water partition coefficient (Wildman–Crippen LogP) is 3.34. The monoisotopic (exact) mass is 391 g/mol. The molecule has 1 aromatic carbocycles. The molecule has 1 unspecified atom stereocenters. The highest BCUT2D eigenvalue weighted by molar-refractivity contribution is 5.74. The lowest BCUT2D eigenvalue weighted by Crippen LogP contribution is -2.39. The molecule has 3 heterocycles. The number of benzene rings is 1. The number of hydrogen-bond acceptors (Lipinski definition) is 5. The van der Waals surface area contributed by atoms with Gasteiger partial charge in [0.1, 0.15) is 0 Å². The summed E-state index contributed by atoms with van der Waals surface area (Å²) in [6.45, 7) is 2.24. The first-order valence-electron chi connectivity index (χ1n) is 10.1. The Morgan fingerprint density at radius 1 is 1.17 bits per heavy atom. The molecule has 0 saturated carbocycles. The maximum absolute atomic E-state index is 12.4. The van der Waals surface area contributed by atoms with Gasteiger partial charge in [0.15, 0.2) is 5.82 Å². The number of aryl methyl sites for hydroxylation is 1. The van der Waals surface area contributed by atoms with Crippen LogP contribution >= 0.6 is 0 Å². The summed E-state index contributed by atoms with van der Waals surface area (Å²) < 4.78 is 5.33. The lowest BCUT2D eigenvalue weighted by Gasteiger charge is -2.17. The van der Waals surface area contributed by atoms with Gasteiger partial charge in [-0.3, -0.25) is 4.98 Å². The molecule has 0 aliphatic carbocycles. The van der Waals surface area contributed by atoms with Gasteiger partial charge < -0.3 is 14.7 Å². The van der Waals surface area contributed by atoms with Gasteiger partial charge in [-0.2, -0.15) is 4.98 Å². The molecule has 1 aliphatic rings. The summed E-state index contributed by atoms with van der Waals surface area (Å²) in [7, 11) is 0. The molecule has 7 nitrogen and oxygen atoms in total. The van der Waals surface area contributed by atoms with Crippen molar-refractivity contribution in [3.63, 3.8) is 0 Å². The van der Waals surface area contributed by atoms with Crippen molar-refractivity contribution in [2.45, 2.75) is 25.7 Å². The summed E-state index contributed by atoms with van der Waals surface area (Å²) >= 11 is 0. The molecule has 1 atom stereocenters. The highest BCUT2D eigenvalue weighted by atomic mass is 16.5. The highest BCUT2D eigenvalue weighted by Gasteiger charge is 2.26. The number of rotatable bonds is 7. The van der Waals surface area contributed by atoms with E-state index in [2.05, 4.69) is 32.6 Å². The summed E-state index contributed by atoms with van der Waals surface area (Å²) in [5.41, 5.74) is 2.06. The van der Waals surface area contributed by atoms with Gasteiger partial charge in [-0.1, -0.05) is 35.5 Å². The Labute approximate surface area is 170 Å². The molecule has 1 aliphatic heterocycles. The van der Waals surface area contributed by atoms with Crippen LogP contribution in [0, 0.1) is 5.92 Å². The minimum absolute atomic E-state index is 0.0295. The number of aromatic nitrogens is 3. The molecule has 150 valence electrons. The van der Waals surface area contributed by atoms with Gasteiger partial charge >= 0.3 is 6.03 Å². The SMILES string of the molecule is O=C(NCCc1ccccc1)N1CCC(CCc2noc(-c3cccnc3)n2)C1. The molecular weight excluding hydrogens is 366 g/mol. The van der Waals surface area contributed by atoms with Crippen LogP contribution in [0.3, 0.4) is 0 Å². The molecule has 7 heteroatoms.